The van der Waals surface area contributed by atoms with E-state index in [-0.39, 0.29) is 5.91 Å². The molecule has 0 unspecified atom stereocenters. The van der Waals surface area contributed by atoms with Crippen LogP contribution in [0.3, 0.4) is 0 Å². The van der Waals surface area contributed by atoms with Crippen LogP contribution in [0.1, 0.15) is 27.3 Å². The van der Waals surface area contributed by atoms with Gasteiger partial charge in [-0.05, 0) is 43.0 Å². The third-order valence-corrected chi connectivity index (χ3v) is 4.07. The van der Waals surface area contributed by atoms with E-state index in [0.29, 0.717) is 22.5 Å². The zero-order chi connectivity index (χ0) is 18.0. The lowest BCUT2D eigenvalue weighted by Gasteiger charge is -2.06. The summed E-state index contributed by atoms with van der Waals surface area (Å²) in [5.74, 6) is -0.266. The predicted octanol–water partition coefficient (Wildman–Crippen LogP) is 3.52. The highest BCUT2D eigenvalue weighted by molar-refractivity contribution is 7.83. The number of hydrogen-bond donors (Lipinski definition) is 3. The molecule has 0 saturated heterocycles. The van der Waals surface area contributed by atoms with Crippen molar-refractivity contribution in [2.45, 2.75) is 13.8 Å². The van der Waals surface area contributed by atoms with Crippen LogP contribution >= 0.6 is 12.6 Å². The summed E-state index contributed by atoms with van der Waals surface area (Å²) in [7, 11) is 0. The maximum atomic E-state index is 12.6. The van der Waals surface area contributed by atoms with Gasteiger partial charge in [-0.15, -0.1) is 0 Å². The van der Waals surface area contributed by atoms with Crippen molar-refractivity contribution < 1.29 is 4.79 Å². The third-order valence-electron chi connectivity index (χ3n) is 3.79. The second-order valence-corrected chi connectivity index (χ2v) is 5.85. The fourth-order valence-corrected chi connectivity index (χ4v) is 2.79. The van der Waals surface area contributed by atoms with Crippen molar-refractivity contribution in [1.82, 2.24) is 14.6 Å². The summed E-state index contributed by atoms with van der Waals surface area (Å²) in [5.41, 5.74) is 4.92. The van der Waals surface area contributed by atoms with Gasteiger partial charge in [0.1, 0.15) is 5.56 Å². The zero-order valence-corrected chi connectivity index (χ0v) is 14.7. The molecule has 2 heterocycles. The Morgan fingerprint density at radius 3 is 2.64 bits per heavy atom. The molecule has 0 aliphatic heterocycles. The molecule has 126 valence electrons. The van der Waals surface area contributed by atoms with Gasteiger partial charge < -0.3 is 10.7 Å². The summed E-state index contributed by atoms with van der Waals surface area (Å²) >= 11 is 4.08. The molecule has 0 atom stereocenters. The first-order valence-electron chi connectivity index (χ1n) is 7.62. The quantitative estimate of drug-likeness (QED) is 0.497. The van der Waals surface area contributed by atoms with E-state index >= 15 is 0 Å². The molecule has 3 rings (SSSR count). The predicted molar refractivity (Wildman–Crippen MR) is 103 cm³/mol. The molecule has 7 heteroatoms. The number of rotatable bonds is 4. The Hall–Kier alpha value is -2.93. The summed E-state index contributed by atoms with van der Waals surface area (Å²) in [6.45, 7) is 3.81. The van der Waals surface area contributed by atoms with Gasteiger partial charge in [-0.2, -0.15) is 17.7 Å². The second-order valence-electron chi connectivity index (χ2n) is 5.59. The molecule has 3 aromatic rings. The molecule has 0 spiro atoms. The Balaban J connectivity index is 1.87. The number of anilines is 1. The van der Waals surface area contributed by atoms with Crippen LogP contribution in [0.4, 0.5) is 5.69 Å². The van der Waals surface area contributed by atoms with Crippen LogP contribution < -0.4 is 5.32 Å². The number of amides is 1. The van der Waals surface area contributed by atoms with Gasteiger partial charge in [0.25, 0.3) is 5.91 Å². The van der Waals surface area contributed by atoms with E-state index in [1.165, 1.54) is 12.4 Å². The van der Waals surface area contributed by atoms with Crippen LogP contribution in [0.5, 0.6) is 0 Å². The van der Waals surface area contributed by atoms with E-state index in [9.17, 15) is 4.79 Å². The molecule has 0 saturated carbocycles. The molecule has 0 aliphatic rings. The smallest absolute Gasteiger partial charge is 0.261 e. The SMILES string of the molecule is Cc1cc(C)n2ncc(C(=O)Nc3ccc(/C(C=N)=C/S)cc3)c2n1. The topological polar surface area (TPSA) is 83.1 Å². The number of fused-ring (bicyclic) bond motifs is 1. The molecule has 0 radical (unpaired) electrons. The summed E-state index contributed by atoms with van der Waals surface area (Å²) in [6.07, 6.45) is 2.76. The molecule has 1 amide bonds. The number of nitrogens with zero attached hydrogens (tertiary/aromatic N) is 3. The minimum Gasteiger partial charge on any atom is -0.322 e. The fourth-order valence-electron chi connectivity index (χ4n) is 2.57. The maximum Gasteiger partial charge on any atom is 0.261 e. The summed E-state index contributed by atoms with van der Waals surface area (Å²) in [5, 5.41) is 16.0. The average Bonchev–Trinajstić information content (AvgIpc) is 3.01. The molecule has 2 aromatic heterocycles. The van der Waals surface area contributed by atoms with Gasteiger partial charge in [0.2, 0.25) is 0 Å². The second kappa shape index (κ2) is 6.90. The normalized spacial score (nSPS) is 11.6. The monoisotopic (exact) mass is 351 g/mol. The molecule has 2 N–H and O–H groups in total. The molecule has 0 fully saturated rings. The van der Waals surface area contributed by atoms with Crippen molar-refractivity contribution in [2.75, 3.05) is 5.32 Å². The van der Waals surface area contributed by atoms with Gasteiger partial charge in [-0.1, -0.05) is 12.1 Å². The van der Waals surface area contributed by atoms with Gasteiger partial charge >= 0.3 is 0 Å². The van der Waals surface area contributed by atoms with Crippen molar-refractivity contribution in [1.29, 1.82) is 5.41 Å². The van der Waals surface area contributed by atoms with E-state index < -0.39 is 0 Å². The number of nitrogens with one attached hydrogen (secondary N) is 2. The lowest BCUT2D eigenvalue weighted by atomic mass is 10.1. The van der Waals surface area contributed by atoms with E-state index in [0.717, 1.165) is 17.0 Å². The number of thiol groups is 1. The standard InChI is InChI=1S/C18H17N5OS/c1-11-7-12(2)23-17(21-11)16(9-20-23)18(24)22-15-5-3-13(4-6-15)14(8-19)10-25/h3-10,19,25H,1-2H3,(H,22,24)/b14-10+,19-8?. The van der Waals surface area contributed by atoms with Gasteiger partial charge in [0.05, 0.1) is 6.20 Å². The summed E-state index contributed by atoms with van der Waals surface area (Å²) < 4.78 is 1.65. The Labute approximate surface area is 150 Å². The molecule has 0 bridgehead atoms. The molecular weight excluding hydrogens is 334 g/mol. The minimum atomic E-state index is -0.266. The van der Waals surface area contributed by atoms with Crippen LogP contribution in [-0.2, 0) is 0 Å². The summed E-state index contributed by atoms with van der Waals surface area (Å²) in [4.78, 5) is 17.0. The highest BCUT2D eigenvalue weighted by atomic mass is 32.1. The Morgan fingerprint density at radius 2 is 2.00 bits per heavy atom. The fraction of sp³-hybridized carbons (Fsp3) is 0.111. The number of carbonyl (C=O) groups excluding carboxylic acids is 1. The number of allylic oxidation sites excluding steroid dienone is 1. The molecule has 1 aromatic carbocycles. The molecule has 6 nitrogen and oxygen atoms in total. The van der Waals surface area contributed by atoms with Gasteiger partial charge in [-0.3, -0.25) is 4.79 Å². The van der Waals surface area contributed by atoms with Crippen LogP contribution in [0.2, 0.25) is 0 Å². The first-order valence-corrected chi connectivity index (χ1v) is 8.13. The number of benzene rings is 1. The van der Waals surface area contributed by atoms with Crippen LogP contribution in [0.15, 0.2) is 41.9 Å². The van der Waals surface area contributed by atoms with Gasteiger partial charge in [0.15, 0.2) is 5.65 Å². The minimum absolute atomic E-state index is 0.266. The van der Waals surface area contributed by atoms with E-state index in [2.05, 4.69) is 28.0 Å². The number of carbonyl (C=O) groups is 1. The largest absolute Gasteiger partial charge is 0.322 e. The molecule has 0 aliphatic carbocycles. The molecular formula is C18H17N5OS. The Bertz CT molecular complexity index is 989. The maximum absolute atomic E-state index is 12.6. The Morgan fingerprint density at radius 1 is 1.28 bits per heavy atom. The third kappa shape index (κ3) is 3.32. The lowest BCUT2D eigenvalue weighted by molar-refractivity contribution is 0.102. The first-order chi connectivity index (χ1) is 12.0. The highest BCUT2D eigenvalue weighted by Crippen LogP contribution is 2.18. The van der Waals surface area contributed by atoms with E-state index in [4.69, 9.17) is 5.41 Å². The molecule has 25 heavy (non-hydrogen) atoms. The first kappa shape index (κ1) is 16.9. The van der Waals surface area contributed by atoms with E-state index in [1.807, 2.05) is 32.0 Å². The van der Waals surface area contributed by atoms with Crippen LogP contribution in [0.25, 0.3) is 11.2 Å². The Kier molecular flexibility index (Phi) is 4.67. The number of aromatic nitrogens is 3. The van der Waals surface area contributed by atoms with Gasteiger partial charge in [0, 0.05) is 28.9 Å². The van der Waals surface area contributed by atoms with Crippen molar-refractivity contribution >= 4 is 41.7 Å². The van der Waals surface area contributed by atoms with Crippen molar-refractivity contribution in [3.05, 3.63) is 64.5 Å². The van der Waals surface area contributed by atoms with Crippen LogP contribution in [0, 0.1) is 19.3 Å². The van der Waals surface area contributed by atoms with Crippen molar-refractivity contribution in [3.8, 4) is 0 Å². The number of aryl methyl sites for hydroxylation is 2. The highest BCUT2D eigenvalue weighted by Gasteiger charge is 2.15. The number of hydrogen-bond acceptors (Lipinski definition) is 5. The average molecular weight is 351 g/mol. The van der Waals surface area contributed by atoms with Crippen molar-refractivity contribution in [3.63, 3.8) is 0 Å². The van der Waals surface area contributed by atoms with Crippen LogP contribution in [-0.4, -0.2) is 26.7 Å². The van der Waals surface area contributed by atoms with E-state index in [1.54, 1.807) is 22.1 Å². The van der Waals surface area contributed by atoms with Crippen molar-refractivity contribution in [2.24, 2.45) is 0 Å². The lowest BCUT2D eigenvalue weighted by Crippen LogP contribution is -2.12. The summed E-state index contributed by atoms with van der Waals surface area (Å²) in [6, 6.07) is 9.13. The van der Waals surface area contributed by atoms with Gasteiger partial charge in [-0.25, -0.2) is 9.50 Å². The zero-order valence-electron chi connectivity index (χ0n) is 13.8.